The molecule has 4 heterocycles. The van der Waals surface area contributed by atoms with Crippen LogP contribution in [-0.4, -0.2) is 78.1 Å². The molecule has 0 spiro atoms. The monoisotopic (exact) mass is 544 g/mol. The van der Waals surface area contributed by atoms with E-state index in [1.807, 2.05) is 32.4 Å². The van der Waals surface area contributed by atoms with Crippen LogP contribution < -0.4 is 20.3 Å². The fourth-order valence-corrected chi connectivity index (χ4v) is 4.47. The summed E-state index contributed by atoms with van der Waals surface area (Å²) in [6.45, 7) is 6.86. The molecule has 12 heteroatoms. The first-order valence-electron chi connectivity index (χ1n) is 12.8. The van der Waals surface area contributed by atoms with E-state index in [0.29, 0.717) is 61.7 Å². The van der Waals surface area contributed by atoms with Crippen molar-refractivity contribution in [1.29, 1.82) is 0 Å². The van der Waals surface area contributed by atoms with E-state index in [1.54, 1.807) is 42.6 Å². The van der Waals surface area contributed by atoms with Crippen molar-refractivity contribution >= 4 is 28.9 Å². The molecule has 1 aliphatic rings. The smallest absolute Gasteiger partial charge is 0.247 e. The molecular formula is C28H32N8O4. The highest BCUT2D eigenvalue weighted by Crippen LogP contribution is 2.38. The van der Waals surface area contributed by atoms with E-state index < -0.39 is 0 Å². The van der Waals surface area contributed by atoms with Gasteiger partial charge in [0.05, 0.1) is 49.9 Å². The molecule has 1 fully saturated rings. The van der Waals surface area contributed by atoms with Crippen LogP contribution in [-0.2, 0) is 16.1 Å². The van der Waals surface area contributed by atoms with Gasteiger partial charge in [-0.1, -0.05) is 6.58 Å². The third-order valence-corrected chi connectivity index (χ3v) is 6.31. The molecule has 0 bridgehead atoms. The first kappa shape index (κ1) is 26.9. The fraction of sp³-hybridized carbons (Fsp3) is 0.286. The number of hydrogen-bond acceptors (Lipinski definition) is 10. The second-order valence-corrected chi connectivity index (χ2v) is 9.42. The van der Waals surface area contributed by atoms with Gasteiger partial charge in [0.2, 0.25) is 11.9 Å². The number of carbonyl (C=O) groups is 1. The van der Waals surface area contributed by atoms with Crippen LogP contribution in [0.2, 0.25) is 0 Å². The van der Waals surface area contributed by atoms with Crippen LogP contribution in [0.15, 0.2) is 66.3 Å². The lowest BCUT2D eigenvalue weighted by molar-refractivity contribution is -0.111. The Morgan fingerprint density at radius 2 is 2.05 bits per heavy atom. The van der Waals surface area contributed by atoms with Gasteiger partial charge in [0.1, 0.15) is 11.4 Å². The van der Waals surface area contributed by atoms with Crippen LogP contribution in [0.4, 0.5) is 23.0 Å². The molecule has 1 aliphatic heterocycles. The topological polar surface area (TPSA) is 123 Å². The predicted molar refractivity (Wildman–Crippen MR) is 152 cm³/mol. The number of furan rings is 1. The van der Waals surface area contributed by atoms with Crippen molar-refractivity contribution in [2.45, 2.75) is 6.54 Å². The molecule has 5 rings (SSSR count). The Morgan fingerprint density at radius 1 is 1.23 bits per heavy atom. The Hall–Kier alpha value is -4.68. The molecule has 1 amide bonds. The minimum absolute atomic E-state index is 0.315. The SMILES string of the molecule is C=CC(=O)Nc1cc(Nc2nccc(-n3cc(CN(C)C)c(-c4ccoc4)n3)n2)c(OC)cc1N1CCOCC1. The quantitative estimate of drug-likeness (QED) is 0.286. The lowest BCUT2D eigenvalue weighted by Crippen LogP contribution is -2.36. The second-order valence-electron chi connectivity index (χ2n) is 9.42. The Bertz CT molecular complexity index is 1480. The molecular weight excluding hydrogens is 512 g/mol. The van der Waals surface area contributed by atoms with Gasteiger partial charge >= 0.3 is 0 Å². The van der Waals surface area contributed by atoms with Gasteiger partial charge in [0.15, 0.2) is 5.82 Å². The van der Waals surface area contributed by atoms with Crippen LogP contribution >= 0.6 is 0 Å². The standard InChI is InChI=1S/C28H32N8O4/c1-5-26(37)30-21-14-22(24(38-4)15-23(21)35-9-12-39-13-10-35)31-28-29-8-6-25(32-28)36-17-20(16-34(2)3)27(33-36)19-7-11-40-18-19/h5-8,11,14-15,17-18H,1,9-10,12-13,16H2,2-4H3,(H,30,37)(H,29,31,32). The lowest BCUT2D eigenvalue weighted by atomic mass is 10.1. The number of rotatable bonds is 10. The summed E-state index contributed by atoms with van der Waals surface area (Å²) in [4.78, 5) is 25.6. The predicted octanol–water partition coefficient (Wildman–Crippen LogP) is 3.70. The Labute approximate surface area is 232 Å². The zero-order chi connectivity index (χ0) is 28.1. The summed E-state index contributed by atoms with van der Waals surface area (Å²) in [5, 5.41) is 10.9. The minimum Gasteiger partial charge on any atom is -0.494 e. The summed E-state index contributed by atoms with van der Waals surface area (Å²) in [6, 6.07) is 7.36. The number of anilines is 4. The molecule has 0 aliphatic carbocycles. The number of nitrogens with one attached hydrogen (secondary N) is 2. The van der Waals surface area contributed by atoms with Crippen molar-refractivity contribution in [2.24, 2.45) is 0 Å². The average Bonchev–Trinajstić information content (AvgIpc) is 3.64. The number of ether oxygens (including phenoxy) is 2. The molecule has 0 saturated carbocycles. The maximum atomic E-state index is 12.3. The number of morpholine rings is 1. The molecule has 4 aromatic rings. The number of nitrogens with zero attached hydrogens (tertiary/aromatic N) is 6. The number of benzene rings is 1. The normalized spacial score (nSPS) is 13.3. The molecule has 0 unspecified atom stereocenters. The average molecular weight is 545 g/mol. The van der Waals surface area contributed by atoms with Crippen LogP contribution in [0.3, 0.4) is 0 Å². The lowest BCUT2D eigenvalue weighted by Gasteiger charge is -2.31. The first-order valence-corrected chi connectivity index (χ1v) is 12.8. The number of aromatic nitrogens is 4. The third kappa shape index (κ3) is 5.98. The van der Waals surface area contributed by atoms with Crippen molar-refractivity contribution in [2.75, 3.05) is 63.0 Å². The highest BCUT2D eigenvalue weighted by Gasteiger charge is 2.20. The molecule has 1 aromatic carbocycles. The van der Waals surface area contributed by atoms with Gasteiger partial charge in [-0.15, -0.1) is 0 Å². The molecule has 0 atom stereocenters. The number of amides is 1. The zero-order valence-corrected chi connectivity index (χ0v) is 22.8. The van der Waals surface area contributed by atoms with Gasteiger partial charge in [-0.05, 0) is 32.3 Å². The minimum atomic E-state index is -0.315. The summed E-state index contributed by atoms with van der Waals surface area (Å²) >= 11 is 0. The van der Waals surface area contributed by atoms with Gasteiger partial charge in [-0.3, -0.25) is 4.79 Å². The Balaban J connectivity index is 1.48. The summed E-state index contributed by atoms with van der Waals surface area (Å²) < 4.78 is 18.2. The molecule has 2 N–H and O–H groups in total. The van der Waals surface area contributed by atoms with Crippen molar-refractivity contribution in [3.63, 3.8) is 0 Å². The summed E-state index contributed by atoms with van der Waals surface area (Å²) in [5.41, 5.74) is 4.76. The summed E-state index contributed by atoms with van der Waals surface area (Å²) in [7, 11) is 5.61. The van der Waals surface area contributed by atoms with E-state index >= 15 is 0 Å². The maximum Gasteiger partial charge on any atom is 0.247 e. The molecule has 40 heavy (non-hydrogen) atoms. The molecule has 1 saturated heterocycles. The highest BCUT2D eigenvalue weighted by atomic mass is 16.5. The maximum absolute atomic E-state index is 12.3. The second kappa shape index (κ2) is 12.0. The van der Waals surface area contributed by atoms with Gasteiger partial charge < -0.3 is 34.3 Å². The summed E-state index contributed by atoms with van der Waals surface area (Å²) in [5.74, 6) is 1.17. The molecule has 3 aromatic heterocycles. The van der Waals surface area contributed by atoms with Gasteiger partial charge in [0, 0.05) is 55.3 Å². The van der Waals surface area contributed by atoms with Gasteiger partial charge in [0.25, 0.3) is 0 Å². The van der Waals surface area contributed by atoms with Crippen LogP contribution in [0.5, 0.6) is 5.75 Å². The van der Waals surface area contributed by atoms with Crippen LogP contribution in [0.1, 0.15) is 5.56 Å². The van der Waals surface area contributed by atoms with Crippen LogP contribution in [0, 0.1) is 0 Å². The van der Waals surface area contributed by atoms with E-state index in [4.69, 9.17) is 24.0 Å². The number of hydrogen-bond donors (Lipinski definition) is 2. The van der Waals surface area contributed by atoms with E-state index in [2.05, 4.69) is 32.0 Å². The summed E-state index contributed by atoms with van der Waals surface area (Å²) in [6.07, 6.45) is 8.15. The Morgan fingerprint density at radius 3 is 2.75 bits per heavy atom. The number of methoxy groups -OCH3 is 1. The van der Waals surface area contributed by atoms with E-state index in [9.17, 15) is 4.79 Å². The molecule has 0 radical (unpaired) electrons. The van der Waals surface area contributed by atoms with Crippen molar-refractivity contribution in [3.05, 3.63) is 67.4 Å². The first-order chi connectivity index (χ1) is 19.4. The molecule has 208 valence electrons. The van der Waals surface area contributed by atoms with Crippen molar-refractivity contribution < 1.29 is 18.7 Å². The van der Waals surface area contributed by atoms with E-state index in [0.717, 1.165) is 22.5 Å². The zero-order valence-electron chi connectivity index (χ0n) is 22.8. The highest BCUT2D eigenvalue weighted by molar-refractivity contribution is 6.02. The van der Waals surface area contributed by atoms with Crippen molar-refractivity contribution in [3.8, 4) is 22.8 Å². The largest absolute Gasteiger partial charge is 0.494 e. The van der Waals surface area contributed by atoms with E-state index in [1.165, 1.54) is 6.08 Å². The third-order valence-electron chi connectivity index (χ3n) is 6.31. The van der Waals surface area contributed by atoms with Crippen molar-refractivity contribution in [1.82, 2.24) is 24.6 Å². The van der Waals surface area contributed by atoms with Crippen LogP contribution in [0.25, 0.3) is 17.1 Å². The van der Waals surface area contributed by atoms with Gasteiger partial charge in [-0.25, -0.2) is 9.67 Å². The molecule has 12 nitrogen and oxygen atoms in total. The fourth-order valence-electron chi connectivity index (χ4n) is 4.47. The Kier molecular flexibility index (Phi) is 8.08. The van der Waals surface area contributed by atoms with E-state index in [-0.39, 0.29) is 5.91 Å². The number of carbonyl (C=O) groups excluding carboxylic acids is 1. The van der Waals surface area contributed by atoms with Gasteiger partial charge in [-0.2, -0.15) is 10.1 Å².